The molecular weight excluding hydrogens is 354 g/mol. The molecular formula is C23H17NO2S. The number of hydrogen-bond donors (Lipinski definition) is 0. The third kappa shape index (κ3) is 4.01. The Bertz CT molecular complexity index is 996. The topological polar surface area (TPSA) is 38.7 Å². The predicted molar refractivity (Wildman–Crippen MR) is 110 cm³/mol. The van der Waals surface area contributed by atoms with Gasteiger partial charge in [0.15, 0.2) is 5.70 Å². The molecule has 0 unspecified atom stereocenters. The lowest BCUT2D eigenvalue weighted by Crippen LogP contribution is -2.05. The first-order valence-electron chi connectivity index (χ1n) is 8.64. The number of carbonyl (C=O) groups excluding carboxylic acids is 1. The number of nitrogens with zero attached hydrogens (tertiary/aromatic N) is 1. The molecule has 0 saturated heterocycles. The fraction of sp³-hybridized carbons (Fsp3) is 0.0435. The van der Waals surface area contributed by atoms with Crippen LogP contribution in [-0.4, -0.2) is 11.9 Å². The van der Waals surface area contributed by atoms with Gasteiger partial charge in [-0.15, -0.1) is 11.8 Å². The molecule has 0 amide bonds. The number of aliphatic imine (C=N–C) groups is 1. The van der Waals surface area contributed by atoms with E-state index >= 15 is 0 Å². The first-order valence-corrected chi connectivity index (χ1v) is 9.62. The summed E-state index contributed by atoms with van der Waals surface area (Å²) in [4.78, 5) is 17.9. The Morgan fingerprint density at radius 3 is 2.07 bits per heavy atom. The molecule has 0 aromatic heterocycles. The number of cyclic esters (lactones) is 1. The third-order valence-electron chi connectivity index (χ3n) is 4.09. The molecule has 27 heavy (non-hydrogen) atoms. The molecule has 4 rings (SSSR count). The predicted octanol–water partition coefficient (Wildman–Crippen LogP) is 5.29. The van der Waals surface area contributed by atoms with Crippen molar-refractivity contribution in [2.45, 2.75) is 5.75 Å². The summed E-state index contributed by atoms with van der Waals surface area (Å²) in [5, 5.41) is 0. The summed E-state index contributed by atoms with van der Waals surface area (Å²) in [5.41, 5.74) is 3.31. The van der Waals surface area contributed by atoms with Crippen LogP contribution in [0.1, 0.15) is 16.7 Å². The molecule has 1 heterocycles. The van der Waals surface area contributed by atoms with Gasteiger partial charge in [-0.2, -0.15) is 0 Å². The minimum Gasteiger partial charge on any atom is -0.402 e. The van der Waals surface area contributed by atoms with Gasteiger partial charge in [-0.1, -0.05) is 78.9 Å². The van der Waals surface area contributed by atoms with Gasteiger partial charge < -0.3 is 4.74 Å². The van der Waals surface area contributed by atoms with E-state index < -0.39 is 5.97 Å². The second-order valence-corrected chi connectivity index (χ2v) is 6.98. The van der Waals surface area contributed by atoms with Crippen molar-refractivity contribution in [3.05, 3.63) is 113 Å². The van der Waals surface area contributed by atoms with Crippen molar-refractivity contribution in [2.75, 3.05) is 0 Å². The van der Waals surface area contributed by atoms with Crippen LogP contribution >= 0.6 is 11.8 Å². The second-order valence-electron chi connectivity index (χ2n) is 5.99. The monoisotopic (exact) mass is 371 g/mol. The molecule has 0 fully saturated rings. The van der Waals surface area contributed by atoms with E-state index in [4.69, 9.17) is 4.74 Å². The highest BCUT2D eigenvalue weighted by molar-refractivity contribution is 8.07. The Morgan fingerprint density at radius 1 is 0.815 bits per heavy atom. The summed E-state index contributed by atoms with van der Waals surface area (Å²) < 4.78 is 5.45. The fourth-order valence-corrected chi connectivity index (χ4v) is 3.83. The zero-order valence-corrected chi connectivity index (χ0v) is 15.4. The maximum absolute atomic E-state index is 12.6. The Balaban J connectivity index is 1.72. The third-order valence-corrected chi connectivity index (χ3v) is 5.29. The van der Waals surface area contributed by atoms with Crippen molar-refractivity contribution in [1.29, 1.82) is 0 Å². The highest BCUT2D eigenvalue weighted by Gasteiger charge is 2.28. The molecule has 1 aliphatic rings. The average molecular weight is 371 g/mol. The Labute approximate surface area is 162 Å². The van der Waals surface area contributed by atoms with Crippen LogP contribution < -0.4 is 0 Å². The van der Waals surface area contributed by atoms with Gasteiger partial charge in [-0.25, -0.2) is 9.79 Å². The number of benzene rings is 3. The smallest absolute Gasteiger partial charge is 0.365 e. The summed E-state index contributed by atoms with van der Waals surface area (Å²) in [7, 11) is 0. The first-order chi connectivity index (χ1) is 13.3. The van der Waals surface area contributed by atoms with E-state index in [2.05, 4.69) is 17.1 Å². The Hall–Kier alpha value is -3.11. The lowest BCUT2D eigenvalue weighted by Gasteiger charge is -2.08. The van der Waals surface area contributed by atoms with Crippen LogP contribution in [0.3, 0.4) is 0 Å². The maximum Gasteiger partial charge on any atom is 0.365 e. The van der Waals surface area contributed by atoms with Crippen molar-refractivity contribution in [3.63, 3.8) is 0 Å². The normalized spacial score (nSPS) is 15.3. The van der Waals surface area contributed by atoms with Gasteiger partial charge in [-0.05, 0) is 23.3 Å². The van der Waals surface area contributed by atoms with Crippen LogP contribution in [0.5, 0.6) is 0 Å². The SMILES string of the molecule is O=C1OC(c2ccccc2)=N/C1=C(\SCc1ccccc1)c1ccccc1. The van der Waals surface area contributed by atoms with E-state index in [1.165, 1.54) is 5.56 Å². The van der Waals surface area contributed by atoms with Crippen LogP contribution in [0.4, 0.5) is 0 Å². The van der Waals surface area contributed by atoms with E-state index in [0.29, 0.717) is 11.6 Å². The number of thioether (sulfide) groups is 1. The zero-order chi connectivity index (χ0) is 18.5. The summed E-state index contributed by atoms with van der Waals surface area (Å²) in [6, 6.07) is 29.5. The highest BCUT2D eigenvalue weighted by atomic mass is 32.2. The van der Waals surface area contributed by atoms with E-state index in [0.717, 1.165) is 21.8 Å². The molecule has 3 aromatic carbocycles. The average Bonchev–Trinajstić information content (AvgIpc) is 3.12. The molecule has 3 nitrogen and oxygen atoms in total. The van der Waals surface area contributed by atoms with Gasteiger partial charge in [0, 0.05) is 16.2 Å². The summed E-state index contributed by atoms with van der Waals surface area (Å²) in [6.45, 7) is 0. The number of carbonyl (C=O) groups is 1. The quantitative estimate of drug-likeness (QED) is 0.452. The van der Waals surface area contributed by atoms with Crippen LogP contribution in [0.25, 0.3) is 4.91 Å². The minimum atomic E-state index is -0.409. The molecule has 0 atom stereocenters. The molecule has 1 aliphatic heterocycles. The molecule has 132 valence electrons. The maximum atomic E-state index is 12.6. The minimum absolute atomic E-state index is 0.351. The zero-order valence-electron chi connectivity index (χ0n) is 14.5. The molecule has 0 N–H and O–H groups in total. The lowest BCUT2D eigenvalue weighted by atomic mass is 10.2. The summed E-state index contributed by atoms with van der Waals surface area (Å²) in [6.07, 6.45) is 0. The number of esters is 1. The number of hydrogen-bond acceptors (Lipinski definition) is 4. The van der Waals surface area contributed by atoms with Crippen molar-refractivity contribution in [1.82, 2.24) is 0 Å². The van der Waals surface area contributed by atoms with Crippen LogP contribution in [0, 0.1) is 0 Å². The first kappa shape index (κ1) is 17.3. The van der Waals surface area contributed by atoms with Gasteiger partial charge in [-0.3, -0.25) is 0 Å². The van der Waals surface area contributed by atoms with Gasteiger partial charge in [0.25, 0.3) is 0 Å². The molecule has 0 bridgehead atoms. The second kappa shape index (κ2) is 8.06. The largest absolute Gasteiger partial charge is 0.402 e. The van der Waals surface area contributed by atoms with Crippen LogP contribution in [-0.2, 0) is 15.3 Å². The van der Waals surface area contributed by atoms with E-state index in [-0.39, 0.29) is 0 Å². The molecule has 3 aromatic rings. The van der Waals surface area contributed by atoms with Crippen molar-refractivity contribution >= 4 is 28.5 Å². The van der Waals surface area contributed by atoms with Crippen molar-refractivity contribution < 1.29 is 9.53 Å². The van der Waals surface area contributed by atoms with Crippen LogP contribution in [0.2, 0.25) is 0 Å². The lowest BCUT2D eigenvalue weighted by molar-refractivity contribution is -0.129. The van der Waals surface area contributed by atoms with E-state index in [1.807, 2.05) is 78.9 Å². The Kier molecular flexibility index (Phi) is 5.17. The standard InChI is InChI=1S/C23H17NO2S/c25-23-20(24-22(26-23)19-14-8-3-9-15-19)21(18-12-6-2-7-13-18)27-16-17-10-4-1-5-11-17/h1-15H,16H2/b21-20-. The molecule has 0 aliphatic carbocycles. The molecule has 4 heteroatoms. The van der Waals surface area contributed by atoms with Gasteiger partial charge in [0.1, 0.15) is 0 Å². The molecule has 0 saturated carbocycles. The van der Waals surface area contributed by atoms with E-state index in [9.17, 15) is 4.79 Å². The number of ether oxygens (including phenoxy) is 1. The van der Waals surface area contributed by atoms with Crippen molar-refractivity contribution in [3.8, 4) is 0 Å². The molecule has 0 spiro atoms. The molecule has 0 radical (unpaired) electrons. The van der Waals surface area contributed by atoms with Crippen molar-refractivity contribution in [2.24, 2.45) is 4.99 Å². The Morgan fingerprint density at radius 2 is 1.41 bits per heavy atom. The van der Waals surface area contributed by atoms with Gasteiger partial charge in [0.2, 0.25) is 5.90 Å². The van der Waals surface area contributed by atoms with Crippen LogP contribution in [0.15, 0.2) is 102 Å². The van der Waals surface area contributed by atoms with Gasteiger partial charge >= 0.3 is 5.97 Å². The summed E-state index contributed by atoms with van der Waals surface area (Å²) >= 11 is 1.60. The number of rotatable bonds is 5. The summed E-state index contributed by atoms with van der Waals surface area (Å²) in [5.74, 6) is 0.690. The van der Waals surface area contributed by atoms with E-state index in [1.54, 1.807) is 11.8 Å². The highest BCUT2D eigenvalue weighted by Crippen LogP contribution is 2.36. The fourth-order valence-electron chi connectivity index (χ4n) is 2.76. The van der Waals surface area contributed by atoms with Gasteiger partial charge in [0.05, 0.1) is 0 Å².